The number of rotatable bonds is 6. The maximum absolute atomic E-state index is 12.2. The minimum Gasteiger partial charge on any atom is -0.497 e. The van der Waals surface area contributed by atoms with Crippen molar-refractivity contribution in [2.75, 3.05) is 14.2 Å². The number of aryl methyl sites for hydroxylation is 1. The molecule has 2 aromatic rings. The smallest absolute Gasteiger partial charge is 0.333 e. The lowest BCUT2D eigenvalue weighted by atomic mass is 10.1. The molecular formula is C19H17NO6. The van der Waals surface area contributed by atoms with E-state index in [0.29, 0.717) is 23.0 Å². The zero-order valence-corrected chi connectivity index (χ0v) is 14.4. The summed E-state index contributed by atoms with van der Waals surface area (Å²) in [5.41, 5.74) is 1.26. The third-order valence-electron chi connectivity index (χ3n) is 3.98. The summed E-state index contributed by atoms with van der Waals surface area (Å²) in [6.45, 7) is 0. The lowest BCUT2D eigenvalue weighted by Crippen LogP contribution is -2.32. The van der Waals surface area contributed by atoms with E-state index < -0.39 is 17.8 Å². The van der Waals surface area contributed by atoms with Crippen LogP contribution in [-0.4, -0.2) is 37.1 Å². The van der Waals surface area contributed by atoms with Gasteiger partial charge in [-0.3, -0.25) is 9.59 Å². The van der Waals surface area contributed by atoms with E-state index in [1.807, 2.05) is 0 Å². The van der Waals surface area contributed by atoms with Crippen LogP contribution in [0.3, 0.4) is 0 Å². The highest BCUT2D eigenvalue weighted by Crippen LogP contribution is 2.25. The average Bonchev–Trinajstić information content (AvgIpc) is 2.91. The Balaban J connectivity index is 1.64. The number of imide groups is 1. The number of ether oxygens (including phenoxy) is 2. The summed E-state index contributed by atoms with van der Waals surface area (Å²) in [4.78, 5) is 41.4. The van der Waals surface area contributed by atoms with Crippen molar-refractivity contribution in [3.63, 3.8) is 0 Å². The molecule has 0 bridgehead atoms. The topological polar surface area (TPSA) is 82.1 Å². The molecule has 2 amide bonds. The van der Waals surface area contributed by atoms with Gasteiger partial charge in [0.25, 0.3) is 11.8 Å². The quantitative estimate of drug-likeness (QED) is 0.740. The number of methoxy groups -OCH3 is 2. The van der Waals surface area contributed by atoms with Crippen LogP contribution in [0, 0.1) is 0 Å². The SMILES string of the molecule is COc1cc(CCC(=O)ON2C(=O)c3ccccc3C2=O)cc(OC)c1. The van der Waals surface area contributed by atoms with Gasteiger partial charge in [-0.25, -0.2) is 4.79 Å². The van der Waals surface area contributed by atoms with Crippen LogP contribution in [0.1, 0.15) is 32.7 Å². The van der Waals surface area contributed by atoms with Crippen LogP contribution in [0.5, 0.6) is 11.5 Å². The van der Waals surface area contributed by atoms with E-state index in [-0.39, 0.29) is 17.5 Å². The van der Waals surface area contributed by atoms with E-state index in [2.05, 4.69) is 0 Å². The Morgan fingerprint density at radius 1 is 0.923 bits per heavy atom. The standard InChI is InChI=1S/C19H17NO6/c1-24-13-9-12(10-14(11-13)25-2)7-8-17(21)26-20-18(22)15-5-3-4-6-16(15)19(20)23/h3-6,9-11H,7-8H2,1-2H3. The lowest BCUT2D eigenvalue weighted by molar-refractivity contribution is -0.168. The first-order valence-corrected chi connectivity index (χ1v) is 7.94. The highest BCUT2D eigenvalue weighted by Gasteiger charge is 2.38. The fourth-order valence-electron chi connectivity index (χ4n) is 2.65. The molecule has 0 spiro atoms. The van der Waals surface area contributed by atoms with E-state index in [1.54, 1.807) is 30.3 Å². The van der Waals surface area contributed by atoms with Gasteiger partial charge in [0.2, 0.25) is 0 Å². The maximum Gasteiger partial charge on any atom is 0.333 e. The fraction of sp³-hybridized carbons (Fsp3) is 0.211. The largest absolute Gasteiger partial charge is 0.497 e. The Hall–Kier alpha value is -3.35. The molecular weight excluding hydrogens is 338 g/mol. The van der Waals surface area contributed by atoms with Gasteiger partial charge >= 0.3 is 5.97 Å². The monoisotopic (exact) mass is 355 g/mol. The highest BCUT2D eigenvalue weighted by molar-refractivity contribution is 6.20. The summed E-state index contributed by atoms with van der Waals surface area (Å²) in [6.07, 6.45) is 0.333. The van der Waals surface area contributed by atoms with E-state index in [1.165, 1.54) is 26.4 Å². The van der Waals surface area contributed by atoms with E-state index >= 15 is 0 Å². The Bertz CT molecular complexity index is 819. The van der Waals surface area contributed by atoms with Crippen LogP contribution >= 0.6 is 0 Å². The van der Waals surface area contributed by atoms with Crippen molar-refractivity contribution in [1.29, 1.82) is 0 Å². The molecule has 0 saturated carbocycles. The molecule has 0 aliphatic carbocycles. The van der Waals surface area contributed by atoms with Crippen molar-refractivity contribution in [2.45, 2.75) is 12.8 Å². The Morgan fingerprint density at radius 3 is 1.96 bits per heavy atom. The normalized spacial score (nSPS) is 12.8. The number of nitrogens with zero attached hydrogens (tertiary/aromatic N) is 1. The van der Waals surface area contributed by atoms with E-state index in [0.717, 1.165) is 5.56 Å². The van der Waals surface area contributed by atoms with E-state index in [4.69, 9.17) is 14.3 Å². The molecule has 0 unspecified atom stereocenters. The van der Waals surface area contributed by atoms with Gasteiger partial charge in [0.15, 0.2) is 0 Å². The number of hydrogen-bond donors (Lipinski definition) is 0. The number of benzene rings is 2. The van der Waals surface area contributed by atoms with Crippen LogP contribution < -0.4 is 9.47 Å². The number of hydroxylamine groups is 2. The molecule has 134 valence electrons. The molecule has 1 aliphatic rings. The second kappa shape index (κ2) is 7.26. The number of carbonyl (C=O) groups is 3. The van der Waals surface area contributed by atoms with Crippen LogP contribution in [-0.2, 0) is 16.1 Å². The minimum absolute atomic E-state index is 0.0102. The Morgan fingerprint density at radius 2 is 1.46 bits per heavy atom. The second-order valence-electron chi connectivity index (χ2n) is 5.63. The van der Waals surface area contributed by atoms with Gasteiger partial charge in [-0.1, -0.05) is 17.2 Å². The van der Waals surface area contributed by atoms with Gasteiger partial charge in [0, 0.05) is 6.07 Å². The first kappa shape index (κ1) is 17.5. The molecule has 0 N–H and O–H groups in total. The highest BCUT2D eigenvalue weighted by atomic mass is 16.7. The summed E-state index contributed by atoms with van der Waals surface area (Å²) >= 11 is 0. The molecule has 1 heterocycles. The Kier molecular flexibility index (Phi) is 4.88. The van der Waals surface area contributed by atoms with Crippen LogP contribution in [0.15, 0.2) is 42.5 Å². The molecule has 7 heteroatoms. The van der Waals surface area contributed by atoms with Gasteiger partial charge in [-0.05, 0) is 36.2 Å². The van der Waals surface area contributed by atoms with E-state index in [9.17, 15) is 14.4 Å². The third-order valence-corrected chi connectivity index (χ3v) is 3.98. The van der Waals surface area contributed by atoms with Gasteiger partial charge in [0.1, 0.15) is 11.5 Å². The van der Waals surface area contributed by atoms with Gasteiger partial charge in [0.05, 0.1) is 31.8 Å². The fourth-order valence-corrected chi connectivity index (χ4v) is 2.65. The molecule has 2 aromatic carbocycles. The van der Waals surface area contributed by atoms with Crippen LogP contribution in [0.4, 0.5) is 0 Å². The van der Waals surface area contributed by atoms with Crippen molar-refractivity contribution in [1.82, 2.24) is 5.06 Å². The molecule has 1 aliphatic heterocycles. The average molecular weight is 355 g/mol. The molecule has 0 radical (unpaired) electrons. The number of amides is 2. The van der Waals surface area contributed by atoms with Crippen molar-refractivity contribution >= 4 is 17.8 Å². The molecule has 0 atom stereocenters. The van der Waals surface area contributed by atoms with Crippen LogP contribution in [0.2, 0.25) is 0 Å². The van der Waals surface area contributed by atoms with Crippen LogP contribution in [0.25, 0.3) is 0 Å². The zero-order valence-electron chi connectivity index (χ0n) is 14.4. The van der Waals surface area contributed by atoms with Crippen molar-refractivity contribution < 1.29 is 28.7 Å². The lowest BCUT2D eigenvalue weighted by Gasteiger charge is -2.13. The van der Waals surface area contributed by atoms with Crippen molar-refractivity contribution in [3.05, 3.63) is 59.2 Å². The summed E-state index contributed by atoms with van der Waals surface area (Å²) < 4.78 is 10.4. The number of carbonyl (C=O) groups excluding carboxylic acids is 3. The predicted octanol–water partition coefficient (Wildman–Crippen LogP) is 2.39. The third kappa shape index (κ3) is 3.37. The summed E-state index contributed by atoms with van der Waals surface area (Å²) in [5, 5.41) is 0.513. The van der Waals surface area contributed by atoms with Gasteiger partial charge in [-0.15, -0.1) is 0 Å². The number of fused-ring (bicyclic) bond motifs is 1. The first-order chi connectivity index (χ1) is 12.5. The minimum atomic E-state index is -0.679. The summed E-state index contributed by atoms with van der Waals surface area (Å²) in [6, 6.07) is 11.6. The maximum atomic E-state index is 12.2. The number of hydrogen-bond acceptors (Lipinski definition) is 6. The molecule has 7 nitrogen and oxygen atoms in total. The molecule has 26 heavy (non-hydrogen) atoms. The summed E-state index contributed by atoms with van der Waals surface area (Å²) in [7, 11) is 3.07. The predicted molar refractivity (Wildman–Crippen MR) is 90.9 cm³/mol. The zero-order chi connectivity index (χ0) is 18.7. The molecule has 0 fully saturated rings. The molecule has 0 saturated heterocycles. The molecule has 3 rings (SSSR count). The first-order valence-electron chi connectivity index (χ1n) is 7.94. The van der Waals surface area contributed by atoms with Gasteiger partial charge in [-0.2, -0.15) is 0 Å². The van der Waals surface area contributed by atoms with Crippen molar-refractivity contribution in [2.24, 2.45) is 0 Å². The van der Waals surface area contributed by atoms with Gasteiger partial charge < -0.3 is 14.3 Å². The second-order valence-corrected chi connectivity index (χ2v) is 5.63. The van der Waals surface area contributed by atoms with Crippen molar-refractivity contribution in [3.8, 4) is 11.5 Å². The Labute approximate surface area is 150 Å². The molecule has 0 aromatic heterocycles. The summed E-state index contributed by atoms with van der Waals surface area (Å²) in [5.74, 6) is -0.744.